The van der Waals surface area contributed by atoms with E-state index in [1.807, 2.05) is 0 Å². The lowest BCUT2D eigenvalue weighted by Crippen LogP contribution is -2.33. The van der Waals surface area contributed by atoms with Crippen LogP contribution in [0.4, 0.5) is 0 Å². The predicted octanol–water partition coefficient (Wildman–Crippen LogP) is 15.2. The molecule has 0 aromatic rings. The predicted molar refractivity (Wildman–Crippen MR) is 260 cm³/mol. The molecular weight excluding hydrogens is 786 g/mol. The van der Waals surface area contributed by atoms with Crippen molar-refractivity contribution in [1.29, 1.82) is 0 Å². The number of aliphatic hydroxyl groups excluding tert-OH is 1. The minimum Gasteiger partial charge on any atom is -0.462 e. The third kappa shape index (κ3) is 42.6. The number of hydrogen-bond acceptors (Lipinski definition) is 9. The molecule has 0 aromatic carbocycles. The molecule has 0 saturated heterocycles. The summed E-state index contributed by atoms with van der Waals surface area (Å²) < 4.78 is 30.9. The van der Waals surface area contributed by atoms with Gasteiger partial charge >= 0.3 is 11.9 Å². The number of aliphatic hydroxyl groups is 1. The Balaban J connectivity index is 0. The molecule has 0 heterocycles. The number of nitrogens with zero attached hydrogens (tertiary/aromatic N) is 1. The lowest BCUT2D eigenvalue weighted by atomic mass is 10.1. The van der Waals surface area contributed by atoms with E-state index >= 15 is 0 Å². The van der Waals surface area contributed by atoms with Crippen LogP contribution in [0.3, 0.4) is 0 Å². The third-order valence-electron chi connectivity index (χ3n) is 10.7. The summed E-state index contributed by atoms with van der Waals surface area (Å²) in [6.07, 6.45) is 34.9. The molecule has 0 rings (SSSR count). The summed E-state index contributed by atoms with van der Waals surface area (Å²) in [4.78, 5) is 24.8. The van der Waals surface area contributed by atoms with Crippen LogP contribution in [0.1, 0.15) is 248 Å². The molecule has 0 aromatic heterocycles. The van der Waals surface area contributed by atoms with Crippen molar-refractivity contribution in [3.63, 3.8) is 0 Å². The molecule has 1 N–H and O–H groups in total. The van der Waals surface area contributed by atoms with Crippen molar-refractivity contribution >= 4 is 20.5 Å². The number of esters is 2. The fraction of sp³-hybridized carbons (Fsp3) is 0.922. The van der Waals surface area contributed by atoms with E-state index in [4.69, 9.17) is 23.3 Å². The quantitative estimate of drug-likeness (QED) is 0.0277. The zero-order valence-corrected chi connectivity index (χ0v) is 42.4. The Labute approximate surface area is 379 Å². The van der Waals surface area contributed by atoms with Crippen molar-refractivity contribution in [2.75, 3.05) is 33.0 Å². The molecule has 0 amide bonds. The number of unbranched alkanes of at least 4 members (excludes halogenated alkanes) is 22. The molecule has 3 atom stereocenters. The molecule has 61 heavy (non-hydrogen) atoms. The van der Waals surface area contributed by atoms with Crippen LogP contribution in [0.2, 0.25) is 0 Å². The highest BCUT2D eigenvalue weighted by atomic mass is 31.2. The maximum Gasteiger partial charge on any atom is 0.306 e. The fourth-order valence-corrected chi connectivity index (χ4v) is 8.89. The average Bonchev–Trinajstić information content (AvgIpc) is 3.23. The standard InChI is InChI=1S/C39H76O6.C12H26NO2P/c1-4-7-10-13-15-17-18-20-22-25-28-31-39(42)45-37(34-40)35-43-33-32-36(29-26-23-12-9-6-3)44-38(41)30-27-24-21-19-16-14-11-8-5-2;1-7-9-14-16(15-10-8-2)13(11(3)4)12(5)6/h36-37,40H,4-35H2,1-3H3;7,11-12H,1,8-10H2,2-6H3/t36-,37?;/m1./s1. The summed E-state index contributed by atoms with van der Waals surface area (Å²) in [6, 6.07) is 0.848. The Morgan fingerprint density at radius 2 is 0.951 bits per heavy atom. The van der Waals surface area contributed by atoms with Gasteiger partial charge in [-0.2, -0.15) is 0 Å². The summed E-state index contributed by atoms with van der Waals surface area (Å²) in [5.74, 6) is -0.356. The van der Waals surface area contributed by atoms with Crippen molar-refractivity contribution in [3.05, 3.63) is 12.7 Å². The van der Waals surface area contributed by atoms with E-state index in [0.29, 0.717) is 44.6 Å². The van der Waals surface area contributed by atoms with Crippen LogP contribution in [0, 0.1) is 0 Å². The molecule has 0 aliphatic heterocycles. The number of hydrogen-bond donors (Lipinski definition) is 1. The van der Waals surface area contributed by atoms with E-state index in [0.717, 1.165) is 64.4 Å². The zero-order valence-electron chi connectivity index (χ0n) is 41.5. The number of carbonyl (C=O) groups excluding carboxylic acids is 2. The Hall–Kier alpha value is -1.09. The van der Waals surface area contributed by atoms with E-state index in [9.17, 15) is 14.7 Å². The maximum absolute atomic E-state index is 12.6. The largest absolute Gasteiger partial charge is 0.462 e. The first kappa shape index (κ1) is 62.0. The number of rotatable bonds is 45. The van der Waals surface area contributed by atoms with E-state index in [2.05, 4.69) is 66.6 Å². The van der Waals surface area contributed by atoms with Crippen LogP contribution in [0.25, 0.3) is 0 Å². The average molecular weight is 888 g/mol. The first-order valence-electron chi connectivity index (χ1n) is 25.6. The molecule has 0 fully saturated rings. The summed E-state index contributed by atoms with van der Waals surface area (Å²) in [5, 5.41) is 9.71. The highest BCUT2D eigenvalue weighted by Crippen LogP contribution is 2.45. The van der Waals surface area contributed by atoms with Gasteiger partial charge in [0.15, 0.2) is 0 Å². The van der Waals surface area contributed by atoms with Crippen molar-refractivity contribution < 1.29 is 38.0 Å². The molecule has 2 unspecified atom stereocenters. The molecule has 364 valence electrons. The normalized spacial score (nSPS) is 13.0. The number of ether oxygens (including phenoxy) is 3. The smallest absolute Gasteiger partial charge is 0.306 e. The van der Waals surface area contributed by atoms with Gasteiger partial charge in [-0.1, -0.05) is 175 Å². The van der Waals surface area contributed by atoms with Gasteiger partial charge < -0.3 is 28.4 Å². The van der Waals surface area contributed by atoms with Crippen LogP contribution in [0.5, 0.6) is 0 Å². The van der Waals surface area contributed by atoms with Crippen molar-refractivity contribution in [2.45, 2.75) is 272 Å². The Bertz CT molecular complexity index is 930. The SMILES string of the molecule is C=CCOP(OCCC)N(C(C)C)C(C)C.CCCCCCCCCCCCCC(=O)OC(CO)COCC[C@@H](CCCCCCC)OC(=O)CCCCCCCCCCC. The van der Waals surface area contributed by atoms with Gasteiger partial charge in [0.1, 0.15) is 12.2 Å². The van der Waals surface area contributed by atoms with Gasteiger partial charge in [-0.15, -0.1) is 6.58 Å². The molecule has 0 aliphatic rings. The van der Waals surface area contributed by atoms with Gasteiger partial charge in [-0.05, 0) is 59.8 Å². The summed E-state index contributed by atoms with van der Waals surface area (Å²) >= 11 is 0. The van der Waals surface area contributed by atoms with Crippen LogP contribution >= 0.6 is 8.53 Å². The highest BCUT2D eigenvalue weighted by Gasteiger charge is 2.26. The second-order valence-electron chi connectivity index (χ2n) is 17.6. The molecular formula is C51H102NO8P. The van der Waals surface area contributed by atoms with Gasteiger partial charge in [0, 0.05) is 31.3 Å². The minimum atomic E-state index is -0.953. The Kier molecular flexibility index (Phi) is 49.2. The molecule has 10 heteroatoms. The molecule has 0 radical (unpaired) electrons. The monoisotopic (exact) mass is 888 g/mol. The van der Waals surface area contributed by atoms with Crippen molar-refractivity contribution in [2.24, 2.45) is 0 Å². The Morgan fingerprint density at radius 1 is 0.541 bits per heavy atom. The summed E-state index contributed by atoms with van der Waals surface area (Å²) in [6.45, 7) is 22.8. The molecule has 0 bridgehead atoms. The lowest BCUT2D eigenvalue weighted by molar-refractivity contribution is -0.156. The lowest BCUT2D eigenvalue weighted by Gasteiger charge is -2.35. The van der Waals surface area contributed by atoms with Gasteiger partial charge in [0.2, 0.25) is 0 Å². The van der Waals surface area contributed by atoms with Crippen LogP contribution in [-0.4, -0.2) is 79.0 Å². The second kappa shape index (κ2) is 48.4. The minimum absolute atomic E-state index is 0.0962. The van der Waals surface area contributed by atoms with Crippen molar-refractivity contribution in [3.8, 4) is 0 Å². The van der Waals surface area contributed by atoms with E-state index in [1.165, 1.54) is 116 Å². The van der Waals surface area contributed by atoms with Gasteiger partial charge in [-0.3, -0.25) is 9.59 Å². The second-order valence-corrected chi connectivity index (χ2v) is 19.0. The summed E-state index contributed by atoms with van der Waals surface area (Å²) in [5.41, 5.74) is 0. The number of carbonyl (C=O) groups is 2. The van der Waals surface area contributed by atoms with Gasteiger partial charge in [0.05, 0.1) is 33.0 Å². The molecule has 9 nitrogen and oxygen atoms in total. The van der Waals surface area contributed by atoms with Crippen LogP contribution < -0.4 is 0 Å². The van der Waals surface area contributed by atoms with Crippen LogP contribution in [-0.2, 0) is 32.8 Å². The van der Waals surface area contributed by atoms with E-state index < -0.39 is 14.6 Å². The van der Waals surface area contributed by atoms with Gasteiger partial charge in [0.25, 0.3) is 8.53 Å². The highest BCUT2D eigenvalue weighted by molar-refractivity contribution is 7.44. The zero-order chi connectivity index (χ0) is 45.6. The van der Waals surface area contributed by atoms with Crippen molar-refractivity contribution in [1.82, 2.24) is 4.67 Å². The maximum atomic E-state index is 12.6. The fourth-order valence-electron chi connectivity index (χ4n) is 7.22. The van der Waals surface area contributed by atoms with Crippen LogP contribution in [0.15, 0.2) is 12.7 Å². The summed E-state index contributed by atoms with van der Waals surface area (Å²) in [7, 11) is -0.953. The first-order chi connectivity index (χ1) is 29.6. The molecule has 0 aliphatic carbocycles. The molecule has 0 saturated carbocycles. The first-order valence-corrected chi connectivity index (χ1v) is 26.8. The molecule has 0 spiro atoms. The third-order valence-corrected chi connectivity index (χ3v) is 12.8. The topological polar surface area (TPSA) is 104 Å². The Morgan fingerprint density at radius 3 is 1.34 bits per heavy atom. The van der Waals surface area contributed by atoms with E-state index in [-0.39, 0.29) is 31.3 Å². The van der Waals surface area contributed by atoms with Gasteiger partial charge in [-0.25, -0.2) is 4.67 Å². The van der Waals surface area contributed by atoms with E-state index in [1.54, 1.807) is 6.08 Å².